The van der Waals surface area contributed by atoms with Crippen molar-refractivity contribution >= 4 is 39.2 Å². The van der Waals surface area contributed by atoms with E-state index in [4.69, 9.17) is 0 Å². The second kappa shape index (κ2) is 5.00. The number of benzene rings is 1. The van der Waals surface area contributed by atoms with E-state index < -0.39 is 11.5 Å². The van der Waals surface area contributed by atoms with Gasteiger partial charge in [0, 0.05) is 12.2 Å². The van der Waals surface area contributed by atoms with Crippen LogP contribution in [0.2, 0.25) is 0 Å². The molecule has 7 heteroatoms. The smallest absolute Gasteiger partial charge is 0.329 e. The molecule has 0 bridgehead atoms. The first-order valence-corrected chi connectivity index (χ1v) is 7.54. The summed E-state index contributed by atoms with van der Waals surface area (Å²) < 4.78 is 0.982. The number of carbonyl (C=O) groups is 2. The normalized spacial score (nSPS) is 21.7. The van der Waals surface area contributed by atoms with Crippen molar-refractivity contribution in [3.8, 4) is 0 Å². The summed E-state index contributed by atoms with van der Waals surface area (Å²) in [7, 11) is 0. The number of rotatable bonds is 2. The van der Waals surface area contributed by atoms with E-state index in [1.165, 1.54) is 16.2 Å². The van der Waals surface area contributed by atoms with Gasteiger partial charge < -0.3 is 15.3 Å². The molecule has 1 aliphatic rings. The van der Waals surface area contributed by atoms with Crippen LogP contribution in [0.3, 0.4) is 0 Å². The number of carboxylic acids is 1. The number of hydrogen-bond acceptors (Lipinski definition) is 4. The number of aromatic nitrogens is 1. The SMILES string of the molecule is CC1(C(=O)O)CCCN1C(=O)Nc1ccc2ncsc2c1. The number of hydrogen-bond donors (Lipinski definition) is 2. The molecule has 2 aromatic rings. The Morgan fingerprint density at radius 2 is 2.29 bits per heavy atom. The van der Waals surface area contributed by atoms with Gasteiger partial charge in [-0.05, 0) is 38.0 Å². The number of amides is 2. The van der Waals surface area contributed by atoms with Crippen LogP contribution in [0.1, 0.15) is 19.8 Å². The van der Waals surface area contributed by atoms with Crippen LogP contribution in [0.5, 0.6) is 0 Å². The van der Waals surface area contributed by atoms with Gasteiger partial charge in [0.05, 0.1) is 15.7 Å². The summed E-state index contributed by atoms with van der Waals surface area (Å²) in [5.74, 6) is -0.965. The van der Waals surface area contributed by atoms with E-state index in [0.717, 1.165) is 10.2 Å². The van der Waals surface area contributed by atoms with Gasteiger partial charge in [-0.15, -0.1) is 11.3 Å². The Labute approximate surface area is 125 Å². The third kappa shape index (κ3) is 2.33. The Hall–Kier alpha value is -2.15. The molecule has 1 atom stereocenters. The van der Waals surface area contributed by atoms with Crippen LogP contribution in [0.25, 0.3) is 10.2 Å². The third-order valence-electron chi connectivity index (χ3n) is 3.93. The molecule has 2 N–H and O–H groups in total. The van der Waals surface area contributed by atoms with Crippen LogP contribution in [0.15, 0.2) is 23.7 Å². The Kier molecular flexibility index (Phi) is 3.29. The number of urea groups is 1. The largest absolute Gasteiger partial charge is 0.480 e. The second-order valence-corrected chi connectivity index (χ2v) is 6.19. The molecule has 1 aliphatic heterocycles. The number of nitrogens with one attached hydrogen (secondary N) is 1. The summed E-state index contributed by atoms with van der Waals surface area (Å²) in [6.45, 7) is 2.05. The van der Waals surface area contributed by atoms with Gasteiger partial charge in [0.25, 0.3) is 0 Å². The van der Waals surface area contributed by atoms with E-state index in [1.807, 2.05) is 12.1 Å². The number of carboxylic acid groups (broad SMARTS) is 1. The van der Waals surface area contributed by atoms with Gasteiger partial charge in [0.2, 0.25) is 0 Å². The monoisotopic (exact) mass is 305 g/mol. The third-order valence-corrected chi connectivity index (χ3v) is 4.72. The van der Waals surface area contributed by atoms with Crippen molar-refractivity contribution < 1.29 is 14.7 Å². The maximum atomic E-state index is 12.3. The lowest BCUT2D eigenvalue weighted by atomic mass is 10.00. The fraction of sp³-hybridized carbons (Fsp3) is 0.357. The van der Waals surface area contributed by atoms with Crippen LogP contribution in [0, 0.1) is 0 Å². The highest BCUT2D eigenvalue weighted by Crippen LogP contribution is 2.30. The lowest BCUT2D eigenvalue weighted by molar-refractivity contribution is -0.146. The molecule has 1 fully saturated rings. The molecular weight excluding hydrogens is 290 g/mol. The highest BCUT2D eigenvalue weighted by molar-refractivity contribution is 7.16. The van der Waals surface area contributed by atoms with Crippen molar-refractivity contribution in [2.24, 2.45) is 0 Å². The minimum Gasteiger partial charge on any atom is -0.480 e. The van der Waals surface area contributed by atoms with Gasteiger partial charge in [-0.2, -0.15) is 0 Å². The molecule has 0 saturated carbocycles. The highest BCUT2D eigenvalue weighted by Gasteiger charge is 2.46. The van der Waals surface area contributed by atoms with Gasteiger partial charge in [-0.3, -0.25) is 0 Å². The lowest BCUT2D eigenvalue weighted by Gasteiger charge is -2.31. The quantitative estimate of drug-likeness (QED) is 0.893. The first-order chi connectivity index (χ1) is 10.0. The van der Waals surface area contributed by atoms with Crippen molar-refractivity contribution in [1.82, 2.24) is 9.88 Å². The van der Waals surface area contributed by atoms with Crippen molar-refractivity contribution in [2.75, 3.05) is 11.9 Å². The highest BCUT2D eigenvalue weighted by atomic mass is 32.1. The maximum absolute atomic E-state index is 12.3. The fourth-order valence-corrected chi connectivity index (χ4v) is 3.35. The molecule has 1 unspecified atom stereocenters. The standard InChI is InChI=1S/C14H15N3O3S/c1-14(12(18)19)5-2-6-17(14)13(20)16-9-3-4-10-11(7-9)21-8-15-10/h3-4,7-8H,2,5-6H2,1H3,(H,16,20)(H,18,19). The van der Waals surface area contributed by atoms with Crippen molar-refractivity contribution in [3.05, 3.63) is 23.7 Å². The Morgan fingerprint density at radius 3 is 3.05 bits per heavy atom. The van der Waals surface area contributed by atoms with Gasteiger partial charge in [0.1, 0.15) is 5.54 Å². The zero-order valence-corrected chi connectivity index (χ0v) is 12.3. The topological polar surface area (TPSA) is 82.5 Å². The van der Waals surface area contributed by atoms with Gasteiger partial charge in [0.15, 0.2) is 0 Å². The Bertz CT molecular complexity index is 714. The number of aliphatic carboxylic acids is 1. The molecule has 0 aliphatic carbocycles. The predicted octanol–water partition coefficient (Wildman–Crippen LogP) is 2.77. The number of fused-ring (bicyclic) bond motifs is 1. The number of anilines is 1. The summed E-state index contributed by atoms with van der Waals surface area (Å²) in [5, 5.41) is 12.1. The van der Waals surface area contributed by atoms with Crippen molar-refractivity contribution in [1.29, 1.82) is 0 Å². The average Bonchev–Trinajstić information content (AvgIpc) is 3.05. The van der Waals surface area contributed by atoms with E-state index in [0.29, 0.717) is 25.1 Å². The first kappa shape index (κ1) is 13.8. The minimum absolute atomic E-state index is 0.374. The molecule has 3 rings (SSSR count). The number of nitrogens with zero attached hydrogens (tertiary/aromatic N) is 2. The summed E-state index contributed by atoms with van der Waals surface area (Å²) in [4.78, 5) is 29.3. The van der Waals surface area contributed by atoms with Crippen molar-refractivity contribution in [2.45, 2.75) is 25.3 Å². The Morgan fingerprint density at radius 1 is 1.48 bits per heavy atom. The van der Waals surface area contributed by atoms with Crippen molar-refractivity contribution in [3.63, 3.8) is 0 Å². The van der Waals surface area contributed by atoms with E-state index >= 15 is 0 Å². The molecule has 6 nitrogen and oxygen atoms in total. The molecule has 0 spiro atoms. The molecule has 110 valence electrons. The zero-order valence-electron chi connectivity index (χ0n) is 11.5. The summed E-state index contributed by atoms with van der Waals surface area (Å²) in [6.07, 6.45) is 1.17. The summed E-state index contributed by atoms with van der Waals surface area (Å²) >= 11 is 1.50. The molecule has 0 radical (unpaired) electrons. The van der Waals surface area contributed by atoms with Crippen LogP contribution in [-0.4, -0.2) is 39.1 Å². The average molecular weight is 305 g/mol. The Balaban J connectivity index is 1.80. The molecule has 2 amide bonds. The number of thiazole rings is 1. The van der Waals surface area contributed by atoms with Crippen LogP contribution < -0.4 is 5.32 Å². The first-order valence-electron chi connectivity index (χ1n) is 6.66. The van der Waals surface area contributed by atoms with E-state index in [-0.39, 0.29) is 6.03 Å². The second-order valence-electron chi connectivity index (χ2n) is 5.30. The number of carbonyl (C=O) groups excluding carboxylic acids is 1. The molecule has 2 heterocycles. The van der Waals surface area contributed by atoms with E-state index in [9.17, 15) is 14.7 Å². The predicted molar refractivity (Wildman–Crippen MR) is 80.6 cm³/mol. The minimum atomic E-state index is -1.13. The van der Waals surface area contributed by atoms with Crippen LogP contribution in [0.4, 0.5) is 10.5 Å². The van der Waals surface area contributed by atoms with Gasteiger partial charge in [-0.25, -0.2) is 14.6 Å². The van der Waals surface area contributed by atoms with Gasteiger partial charge in [-0.1, -0.05) is 0 Å². The summed E-state index contributed by atoms with van der Waals surface area (Å²) in [6, 6.07) is 5.08. The maximum Gasteiger partial charge on any atom is 0.329 e. The van der Waals surface area contributed by atoms with E-state index in [1.54, 1.807) is 18.5 Å². The number of likely N-dealkylation sites (tertiary alicyclic amines) is 1. The zero-order chi connectivity index (χ0) is 15.0. The van der Waals surface area contributed by atoms with E-state index in [2.05, 4.69) is 10.3 Å². The van der Waals surface area contributed by atoms with Crippen LogP contribution in [-0.2, 0) is 4.79 Å². The summed E-state index contributed by atoms with van der Waals surface area (Å²) in [5.41, 5.74) is 2.16. The molecular formula is C14H15N3O3S. The fourth-order valence-electron chi connectivity index (χ4n) is 2.63. The van der Waals surface area contributed by atoms with Gasteiger partial charge >= 0.3 is 12.0 Å². The molecule has 21 heavy (non-hydrogen) atoms. The molecule has 1 aromatic carbocycles. The molecule has 1 saturated heterocycles. The molecule has 1 aromatic heterocycles. The van der Waals surface area contributed by atoms with Crippen LogP contribution >= 0.6 is 11.3 Å². The lowest BCUT2D eigenvalue weighted by Crippen LogP contribution is -2.52.